The van der Waals surface area contributed by atoms with Crippen LogP contribution in [-0.4, -0.2) is 86.6 Å². The Bertz CT molecular complexity index is 776. The fourth-order valence-corrected chi connectivity index (χ4v) is 7.58. The maximum absolute atomic E-state index is 12.8. The molecule has 2 amide bonds. The lowest BCUT2D eigenvalue weighted by molar-refractivity contribution is -0.137. The summed E-state index contributed by atoms with van der Waals surface area (Å²) < 4.78 is 46.7. The fraction of sp³-hybridized carbons (Fsp3) is 0.867. The average molecular weight is 392 g/mol. The molecule has 0 aliphatic carbocycles. The highest BCUT2D eigenvalue weighted by molar-refractivity contribution is 7.91. The largest absolute Gasteiger partial charge is 0.339 e. The molecule has 3 atom stereocenters. The van der Waals surface area contributed by atoms with Crippen LogP contribution >= 0.6 is 0 Å². The highest BCUT2D eigenvalue weighted by Crippen LogP contribution is 2.29. The van der Waals surface area contributed by atoms with Crippen LogP contribution in [0.5, 0.6) is 0 Å². The van der Waals surface area contributed by atoms with Gasteiger partial charge in [-0.2, -0.15) is 0 Å². The van der Waals surface area contributed by atoms with Gasteiger partial charge < -0.3 is 9.80 Å². The Hall–Kier alpha value is -1.16. The Labute approximate surface area is 148 Å². The van der Waals surface area contributed by atoms with Crippen molar-refractivity contribution < 1.29 is 26.4 Å². The predicted molar refractivity (Wildman–Crippen MR) is 91.3 cm³/mol. The lowest BCUT2D eigenvalue weighted by Gasteiger charge is -2.30. The zero-order chi connectivity index (χ0) is 18.4. The number of likely N-dealkylation sites (tertiary alicyclic amines) is 1. The maximum Gasteiger partial charge on any atom is 0.228 e. The maximum atomic E-state index is 12.8. The van der Waals surface area contributed by atoms with Gasteiger partial charge in [-0.25, -0.2) is 16.8 Å². The summed E-state index contributed by atoms with van der Waals surface area (Å²) in [6.45, 7) is 2.44. The van der Waals surface area contributed by atoms with Crippen LogP contribution in [0.1, 0.15) is 26.2 Å². The van der Waals surface area contributed by atoms with E-state index in [0.29, 0.717) is 19.4 Å². The summed E-state index contributed by atoms with van der Waals surface area (Å²) in [7, 11) is -6.19. The second-order valence-corrected chi connectivity index (χ2v) is 11.6. The van der Waals surface area contributed by atoms with Crippen molar-refractivity contribution >= 4 is 31.5 Å². The first-order valence-corrected chi connectivity index (χ1v) is 12.3. The molecule has 142 valence electrons. The van der Waals surface area contributed by atoms with Crippen LogP contribution in [0.3, 0.4) is 0 Å². The molecule has 8 nitrogen and oxygen atoms in total. The topological polar surface area (TPSA) is 109 Å². The number of hydrogen-bond acceptors (Lipinski definition) is 6. The third-order valence-corrected chi connectivity index (χ3v) is 8.93. The summed E-state index contributed by atoms with van der Waals surface area (Å²) >= 11 is 0. The van der Waals surface area contributed by atoms with Gasteiger partial charge >= 0.3 is 0 Å². The number of nitrogens with zero attached hydrogens (tertiary/aromatic N) is 2. The number of sulfone groups is 2. The first-order chi connectivity index (χ1) is 11.6. The predicted octanol–water partition coefficient (Wildman–Crippen LogP) is -0.942. The van der Waals surface area contributed by atoms with Gasteiger partial charge in [0.25, 0.3) is 0 Å². The van der Waals surface area contributed by atoms with E-state index in [4.69, 9.17) is 0 Å². The van der Waals surface area contributed by atoms with E-state index >= 15 is 0 Å². The molecule has 3 aliphatic heterocycles. The minimum absolute atomic E-state index is 0.0160. The molecular formula is C15H24N2O6S2. The van der Waals surface area contributed by atoms with Crippen LogP contribution < -0.4 is 0 Å². The molecule has 3 aliphatic rings. The Kier molecular flexibility index (Phi) is 4.87. The average Bonchev–Trinajstić information content (AvgIpc) is 3.17. The van der Waals surface area contributed by atoms with E-state index in [2.05, 4.69) is 0 Å². The van der Waals surface area contributed by atoms with Crippen molar-refractivity contribution in [3.8, 4) is 0 Å². The Morgan fingerprint density at radius 2 is 1.76 bits per heavy atom. The van der Waals surface area contributed by atoms with Gasteiger partial charge in [0.15, 0.2) is 19.7 Å². The summed E-state index contributed by atoms with van der Waals surface area (Å²) in [5, 5.41) is 0. The van der Waals surface area contributed by atoms with Gasteiger partial charge in [-0.15, -0.1) is 0 Å². The van der Waals surface area contributed by atoms with Crippen LogP contribution in [0.25, 0.3) is 0 Å². The van der Waals surface area contributed by atoms with Crippen molar-refractivity contribution in [3.63, 3.8) is 0 Å². The zero-order valence-corrected chi connectivity index (χ0v) is 15.9. The lowest BCUT2D eigenvalue weighted by Crippen LogP contribution is -2.45. The summed E-state index contributed by atoms with van der Waals surface area (Å²) in [6.07, 6.45) is 0.936. The van der Waals surface area contributed by atoms with E-state index in [1.165, 1.54) is 4.90 Å². The Morgan fingerprint density at radius 3 is 2.28 bits per heavy atom. The molecule has 0 aromatic carbocycles. The highest BCUT2D eigenvalue weighted by Gasteiger charge is 2.44. The standard InChI is InChI=1S/C15H24N2O6S2/c1-2-16(12-3-5-24(20,21)9-12)15(19)11-7-14(18)17(8-11)13-4-6-25(22,23)10-13/h11-13H,2-10H2,1H3. The van der Waals surface area contributed by atoms with Crippen molar-refractivity contribution in [3.05, 3.63) is 0 Å². The molecular weight excluding hydrogens is 368 g/mol. The van der Waals surface area contributed by atoms with Gasteiger partial charge in [-0.1, -0.05) is 0 Å². The molecule has 0 aromatic heterocycles. The molecule has 10 heteroatoms. The monoisotopic (exact) mass is 392 g/mol. The molecule has 3 heterocycles. The highest BCUT2D eigenvalue weighted by atomic mass is 32.2. The molecule has 0 bridgehead atoms. The summed E-state index contributed by atoms with van der Waals surface area (Å²) in [5.41, 5.74) is 0. The molecule has 0 radical (unpaired) electrons. The van der Waals surface area contributed by atoms with Gasteiger partial charge in [0.1, 0.15) is 0 Å². The van der Waals surface area contributed by atoms with Crippen LogP contribution in [-0.2, 0) is 29.3 Å². The normalized spacial score (nSPS) is 33.7. The molecule has 3 rings (SSSR count). The number of rotatable bonds is 4. The smallest absolute Gasteiger partial charge is 0.228 e. The van der Waals surface area contributed by atoms with Crippen LogP contribution in [0.15, 0.2) is 0 Å². The number of carbonyl (C=O) groups excluding carboxylic acids is 2. The number of carbonyl (C=O) groups is 2. The van der Waals surface area contributed by atoms with Crippen molar-refractivity contribution in [2.24, 2.45) is 5.92 Å². The Morgan fingerprint density at radius 1 is 1.12 bits per heavy atom. The first-order valence-electron chi connectivity index (χ1n) is 8.62. The summed E-state index contributed by atoms with van der Waals surface area (Å²) in [6, 6.07) is -0.657. The number of hydrogen-bond donors (Lipinski definition) is 0. The molecule has 3 unspecified atom stereocenters. The van der Waals surface area contributed by atoms with E-state index in [9.17, 15) is 26.4 Å². The molecule has 25 heavy (non-hydrogen) atoms. The van der Waals surface area contributed by atoms with Crippen molar-refractivity contribution in [1.29, 1.82) is 0 Å². The van der Waals surface area contributed by atoms with Crippen LogP contribution in [0.2, 0.25) is 0 Å². The fourth-order valence-electron chi connectivity index (χ4n) is 4.12. The van der Waals surface area contributed by atoms with E-state index in [0.717, 1.165) is 0 Å². The molecule has 3 fully saturated rings. The molecule has 0 saturated carbocycles. The van der Waals surface area contributed by atoms with Crippen molar-refractivity contribution in [1.82, 2.24) is 9.80 Å². The molecule has 0 N–H and O–H groups in total. The molecule has 3 saturated heterocycles. The molecule has 0 spiro atoms. The van der Waals surface area contributed by atoms with Gasteiger partial charge in [0, 0.05) is 31.6 Å². The minimum atomic E-state index is -3.10. The van der Waals surface area contributed by atoms with Gasteiger partial charge in [0.2, 0.25) is 11.8 Å². The van der Waals surface area contributed by atoms with Gasteiger partial charge in [-0.05, 0) is 19.8 Å². The van der Waals surface area contributed by atoms with Crippen LogP contribution in [0.4, 0.5) is 0 Å². The van der Waals surface area contributed by atoms with Crippen LogP contribution in [0, 0.1) is 5.92 Å². The first kappa shape index (κ1) is 18.6. The quantitative estimate of drug-likeness (QED) is 0.611. The minimum Gasteiger partial charge on any atom is -0.339 e. The van der Waals surface area contributed by atoms with Gasteiger partial charge in [-0.3, -0.25) is 9.59 Å². The second-order valence-electron chi connectivity index (χ2n) is 7.19. The second kappa shape index (κ2) is 6.53. The van der Waals surface area contributed by atoms with Crippen molar-refractivity contribution in [2.75, 3.05) is 36.1 Å². The summed E-state index contributed by atoms with van der Waals surface area (Å²) in [4.78, 5) is 28.2. The Balaban J connectivity index is 1.67. The van der Waals surface area contributed by atoms with E-state index in [1.54, 1.807) is 11.8 Å². The summed E-state index contributed by atoms with van der Waals surface area (Å²) in [5.74, 6) is -0.760. The van der Waals surface area contributed by atoms with E-state index in [-0.39, 0.29) is 59.9 Å². The third kappa shape index (κ3) is 3.84. The number of amides is 2. The van der Waals surface area contributed by atoms with E-state index < -0.39 is 25.6 Å². The third-order valence-electron chi connectivity index (χ3n) is 5.43. The van der Waals surface area contributed by atoms with Crippen molar-refractivity contribution in [2.45, 2.75) is 38.3 Å². The SMILES string of the molecule is CCN(C(=O)C1CC(=O)N(C2CCS(=O)(=O)C2)C1)C1CCS(=O)(=O)C1. The molecule has 0 aromatic rings. The van der Waals surface area contributed by atoms with Gasteiger partial charge in [0.05, 0.1) is 28.9 Å². The zero-order valence-electron chi connectivity index (χ0n) is 14.3. The lowest BCUT2D eigenvalue weighted by atomic mass is 10.1. The van der Waals surface area contributed by atoms with E-state index in [1.807, 2.05) is 0 Å².